The molecule has 1 atom stereocenters. The second-order valence-electron chi connectivity index (χ2n) is 5.64. The van der Waals surface area contributed by atoms with Gasteiger partial charge in [0, 0.05) is 9.75 Å². The summed E-state index contributed by atoms with van der Waals surface area (Å²) in [5.41, 5.74) is 1.52. The third-order valence-electron chi connectivity index (χ3n) is 3.61. The SMILES string of the molecule is CC(C)CCC(O)c1cc2c(s1)CCCCC2. The van der Waals surface area contributed by atoms with Crippen LogP contribution in [0.3, 0.4) is 0 Å². The first-order valence-corrected chi connectivity index (χ1v) is 7.78. The highest BCUT2D eigenvalue weighted by Gasteiger charge is 2.16. The number of hydrogen-bond acceptors (Lipinski definition) is 2. The molecule has 96 valence electrons. The summed E-state index contributed by atoms with van der Waals surface area (Å²) < 4.78 is 0. The number of aliphatic hydroxyl groups is 1. The van der Waals surface area contributed by atoms with Gasteiger partial charge in [-0.1, -0.05) is 20.3 Å². The van der Waals surface area contributed by atoms with Gasteiger partial charge in [-0.2, -0.15) is 0 Å². The van der Waals surface area contributed by atoms with Gasteiger partial charge in [-0.15, -0.1) is 11.3 Å². The quantitative estimate of drug-likeness (QED) is 0.783. The number of hydrogen-bond donors (Lipinski definition) is 1. The predicted octanol–water partition coefficient (Wildman–Crippen LogP) is 4.49. The number of fused-ring (bicyclic) bond motifs is 1. The fraction of sp³-hybridized carbons (Fsp3) is 0.733. The lowest BCUT2D eigenvalue weighted by molar-refractivity contribution is 0.163. The fourth-order valence-electron chi connectivity index (χ4n) is 2.49. The van der Waals surface area contributed by atoms with Crippen LogP contribution < -0.4 is 0 Å². The zero-order valence-corrected chi connectivity index (χ0v) is 11.9. The van der Waals surface area contributed by atoms with Gasteiger partial charge in [0.05, 0.1) is 6.10 Å². The lowest BCUT2D eigenvalue weighted by atomic mass is 10.0. The molecular formula is C15H24OS. The highest BCUT2D eigenvalue weighted by atomic mass is 32.1. The Morgan fingerprint density at radius 3 is 2.71 bits per heavy atom. The topological polar surface area (TPSA) is 20.2 Å². The van der Waals surface area contributed by atoms with Crippen LogP contribution in [-0.4, -0.2) is 5.11 Å². The molecule has 1 aromatic heterocycles. The molecular weight excluding hydrogens is 228 g/mol. The van der Waals surface area contributed by atoms with Gasteiger partial charge in [-0.3, -0.25) is 0 Å². The van der Waals surface area contributed by atoms with E-state index in [1.165, 1.54) is 42.5 Å². The zero-order valence-electron chi connectivity index (χ0n) is 11.0. The van der Waals surface area contributed by atoms with E-state index < -0.39 is 0 Å². The molecule has 1 nitrogen and oxygen atoms in total. The van der Waals surface area contributed by atoms with E-state index in [2.05, 4.69) is 19.9 Å². The van der Waals surface area contributed by atoms with Crippen molar-refractivity contribution in [3.05, 3.63) is 21.4 Å². The molecule has 2 rings (SSSR count). The Morgan fingerprint density at radius 2 is 1.94 bits per heavy atom. The minimum atomic E-state index is -0.227. The van der Waals surface area contributed by atoms with Crippen LogP contribution >= 0.6 is 11.3 Å². The van der Waals surface area contributed by atoms with Crippen molar-refractivity contribution in [1.29, 1.82) is 0 Å². The summed E-state index contributed by atoms with van der Waals surface area (Å²) in [5.74, 6) is 0.683. The molecule has 1 aliphatic rings. The molecule has 17 heavy (non-hydrogen) atoms. The molecule has 0 fully saturated rings. The van der Waals surface area contributed by atoms with E-state index >= 15 is 0 Å². The predicted molar refractivity (Wildman–Crippen MR) is 74.6 cm³/mol. The maximum absolute atomic E-state index is 10.2. The van der Waals surface area contributed by atoms with Gasteiger partial charge in [-0.25, -0.2) is 0 Å². The van der Waals surface area contributed by atoms with Crippen molar-refractivity contribution in [3.8, 4) is 0 Å². The minimum absolute atomic E-state index is 0.227. The van der Waals surface area contributed by atoms with Crippen molar-refractivity contribution < 1.29 is 5.11 Å². The highest BCUT2D eigenvalue weighted by molar-refractivity contribution is 7.12. The summed E-state index contributed by atoms with van der Waals surface area (Å²) in [7, 11) is 0. The number of thiophene rings is 1. The molecule has 0 saturated heterocycles. The first kappa shape index (κ1) is 13.1. The Bertz CT molecular complexity index is 330. The lowest BCUT2D eigenvalue weighted by Crippen LogP contribution is -1.97. The molecule has 1 aromatic rings. The summed E-state index contributed by atoms with van der Waals surface area (Å²) >= 11 is 1.86. The van der Waals surface area contributed by atoms with Crippen LogP contribution in [0.4, 0.5) is 0 Å². The maximum Gasteiger partial charge on any atom is 0.0882 e. The summed E-state index contributed by atoms with van der Waals surface area (Å²) in [6, 6.07) is 2.27. The van der Waals surface area contributed by atoms with E-state index in [9.17, 15) is 5.11 Å². The molecule has 0 aliphatic heterocycles. The maximum atomic E-state index is 10.2. The molecule has 0 radical (unpaired) electrons. The Labute approximate surface area is 109 Å². The molecule has 1 heterocycles. The third kappa shape index (κ3) is 3.56. The lowest BCUT2D eigenvalue weighted by Gasteiger charge is -2.10. The van der Waals surface area contributed by atoms with Gasteiger partial charge in [0.1, 0.15) is 0 Å². The average Bonchev–Trinajstić information content (AvgIpc) is 2.58. The van der Waals surface area contributed by atoms with Crippen LogP contribution in [0.15, 0.2) is 6.07 Å². The van der Waals surface area contributed by atoms with Crippen molar-refractivity contribution in [2.45, 2.75) is 64.9 Å². The smallest absolute Gasteiger partial charge is 0.0882 e. The normalized spacial score (nSPS) is 17.9. The van der Waals surface area contributed by atoms with Gasteiger partial charge in [0.25, 0.3) is 0 Å². The van der Waals surface area contributed by atoms with Crippen LogP contribution in [0.2, 0.25) is 0 Å². The first-order valence-electron chi connectivity index (χ1n) is 6.96. The van der Waals surface area contributed by atoms with Crippen LogP contribution in [0.25, 0.3) is 0 Å². The Kier molecular flexibility index (Phi) is 4.63. The highest BCUT2D eigenvalue weighted by Crippen LogP contribution is 2.34. The van der Waals surface area contributed by atoms with Crippen LogP contribution in [-0.2, 0) is 12.8 Å². The van der Waals surface area contributed by atoms with E-state index in [4.69, 9.17) is 0 Å². The van der Waals surface area contributed by atoms with E-state index in [-0.39, 0.29) is 6.10 Å². The molecule has 0 spiro atoms. The number of rotatable bonds is 4. The fourth-order valence-corrected chi connectivity index (χ4v) is 3.77. The van der Waals surface area contributed by atoms with Gasteiger partial charge in [0.2, 0.25) is 0 Å². The Morgan fingerprint density at radius 1 is 1.18 bits per heavy atom. The largest absolute Gasteiger partial charge is 0.388 e. The van der Waals surface area contributed by atoms with Crippen molar-refractivity contribution in [2.75, 3.05) is 0 Å². The summed E-state index contributed by atoms with van der Waals surface area (Å²) in [5, 5.41) is 10.2. The Balaban J connectivity index is 2.01. The monoisotopic (exact) mass is 252 g/mol. The van der Waals surface area contributed by atoms with Crippen LogP contribution in [0.1, 0.15) is 67.4 Å². The summed E-state index contributed by atoms with van der Waals surface area (Å²) in [6.45, 7) is 4.44. The molecule has 1 unspecified atom stereocenters. The molecule has 0 amide bonds. The van der Waals surface area contributed by atoms with Crippen molar-refractivity contribution in [2.24, 2.45) is 5.92 Å². The van der Waals surface area contributed by atoms with Crippen LogP contribution in [0.5, 0.6) is 0 Å². The second-order valence-corrected chi connectivity index (χ2v) is 6.81. The molecule has 1 N–H and O–H groups in total. The molecule has 2 heteroatoms. The van der Waals surface area contributed by atoms with E-state index in [1.807, 2.05) is 11.3 Å². The molecule has 0 bridgehead atoms. The van der Waals surface area contributed by atoms with Crippen molar-refractivity contribution in [1.82, 2.24) is 0 Å². The average molecular weight is 252 g/mol. The number of aryl methyl sites for hydroxylation is 2. The summed E-state index contributed by atoms with van der Waals surface area (Å²) in [6.07, 6.45) is 8.28. The van der Waals surface area contributed by atoms with Gasteiger partial charge >= 0.3 is 0 Å². The van der Waals surface area contributed by atoms with Crippen molar-refractivity contribution >= 4 is 11.3 Å². The summed E-state index contributed by atoms with van der Waals surface area (Å²) in [4.78, 5) is 2.75. The van der Waals surface area contributed by atoms with Gasteiger partial charge in [0.15, 0.2) is 0 Å². The number of aliphatic hydroxyl groups excluding tert-OH is 1. The minimum Gasteiger partial charge on any atom is -0.388 e. The molecule has 0 aromatic carbocycles. The second kappa shape index (κ2) is 6.01. The van der Waals surface area contributed by atoms with Gasteiger partial charge < -0.3 is 5.11 Å². The van der Waals surface area contributed by atoms with Gasteiger partial charge in [-0.05, 0) is 56.1 Å². The van der Waals surface area contributed by atoms with E-state index in [0.717, 1.165) is 12.8 Å². The Hall–Kier alpha value is -0.340. The molecule has 0 saturated carbocycles. The van der Waals surface area contributed by atoms with E-state index in [1.54, 1.807) is 4.88 Å². The third-order valence-corrected chi connectivity index (χ3v) is 4.95. The first-order chi connectivity index (χ1) is 8.16. The van der Waals surface area contributed by atoms with E-state index in [0.29, 0.717) is 5.92 Å². The van der Waals surface area contributed by atoms with Crippen LogP contribution in [0, 0.1) is 5.92 Å². The standard InChI is InChI=1S/C15H24OS/c1-11(2)8-9-13(16)15-10-12-6-4-3-5-7-14(12)17-15/h10-11,13,16H,3-9H2,1-2H3. The molecule has 1 aliphatic carbocycles. The van der Waals surface area contributed by atoms with Crippen molar-refractivity contribution in [3.63, 3.8) is 0 Å². The zero-order chi connectivity index (χ0) is 12.3.